The highest BCUT2D eigenvalue weighted by Crippen LogP contribution is 2.69. The molecule has 1 aromatic carbocycles. The second-order valence-electron chi connectivity index (χ2n) is 11.0. The molecule has 1 unspecified atom stereocenters. The number of carbonyl (C=O) groups excluding carboxylic acids is 1. The summed E-state index contributed by atoms with van der Waals surface area (Å²) in [4.78, 5) is 15.1. The topological polar surface area (TPSA) is 62.9 Å². The fraction of sp³-hybridized carbons (Fsp3) is 0.519. The van der Waals surface area contributed by atoms with Crippen molar-refractivity contribution in [2.75, 3.05) is 20.6 Å². The molecule has 6 heteroatoms. The quantitative estimate of drug-likeness (QED) is 0.566. The maximum absolute atomic E-state index is 13.2. The van der Waals surface area contributed by atoms with E-state index in [1.54, 1.807) is 24.7 Å². The van der Waals surface area contributed by atoms with Crippen molar-refractivity contribution in [3.05, 3.63) is 59.1 Å². The normalized spacial score (nSPS) is 38.2. The molecule has 6 nitrogen and oxygen atoms in total. The van der Waals surface area contributed by atoms with Crippen LogP contribution >= 0.6 is 0 Å². The van der Waals surface area contributed by atoms with Crippen LogP contribution in [0.1, 0.15) is 48.4 Å². The summed E-state index contributed by atoms with van der Waals surface area (Å²) in [7, 11) is 3.87. The van der Waals surface area contributed by atoms with Crippen LogP contribution in [0.15, 0.2) is 41.2 Å². The predicted molar refractivity (Wildman–Crippen MR) is 124 cm³/mol. The Labute approximate surface area is 195 Å². The van der Waals surface area contributed by atoms with E-state index in [9.17, 15) is 10.0 Å². The van der Waals surface area contributed by atoms with Crippen LogP contribution in [0.3, 0.4) is 0 Å². The summed E-state index contributed by atoms with van der Waals surface area (Å²) in [6.45, 7) is 5.20. The molecule has 174 valence electrons. The molecular weight excluding hydrogens is 416 g/mol. The summed E-state index contributed by atoms with van der Waals surface area (Å²) >= 11 is 0. The second kappa shape index (κ2) is 6.73. The molecule has 1 saturated heterocycles. The summed E-state index contributed by atoms with van der Waals surface area (Å²) in [5.74, 6) is 1.00. The monoisotopic (exact) mass is 449 g/mol. The first-order valence-electron chi connectivity index (χ1n) is 12.0. The Balaban J connectivity index is 1.43. The van der Waals surface area contributed by atoms with Gasteiger partial charge in [-0.15, -0.1) is 0 Å². The smallest absolute Gasteiger partial charge is 0.246 e. The lowest BCUT2D eigenvalue weighted by molar-refractivity contribution is -1.12. The number of amides is 1. The molecular formula is C27H33N2O4+. The number of carbonyl (C=O) groups is 1. The number of aryl methyl sites for hydroxylation is 1. The Kier molecular flexibility index (Phi) is 4.29. The Morgan fingerprint density at radius 1 is 1.30 bits per heavy atom. The number of quaternary nitrogens is 1. The highest BCUT2D eigenvalue weighted by atomic mass is 16.5. The maximum Gasteiger partial charge on any atom is 0.246 e. The van der Waals surface area contributed by atoms with Gasteiger partial charge in [0.2, 0.25) is 5.91 Å². The molecule has 2 fully saturated rings. The van der Waals surface area contributed by atoms with Crippen LogP contribution in [0, 0.1) is 12.3 Å². The van der Waals surface area contributed by atoms with E-state index in [2.05, 4.69) is 26.0 Å². The zero-order valence-electron chi connectivity index (χ0n) is 19.9. The molecule has 6 rings (SSSR count). The molecule has 1 amide bonds. The third kappa shape index (κ3) is 2.59. The van der Waals surface area contributed by atoms with Crippen molar-refractivity contribution in [1.82, 2.24) is 4.90 Å². The zero-order chi connectivity index (χ0) is 23.2. The highest BCUT2D eigenvalue weighted by Gasteiger charge is 2.75. The summed E-state index contributed by atoms with van der Waals surface area (Å²) in [6, 6.07) is 6.34. The van der Waals surface area contributed by atoms with Gasteiger partial charge in [0, 0.05) is 42.5 Å². The number of likely N-dealkylation sites (tertiary alicyclic amines) is 1. The van der Waals surface area contributed by atoms with Gasteiger partial charge >= 0.3 is 0 Å². The number of rotatable bonds is 3. The third-order valence-electron chi connectivity index (χ3n) is 9.53. The predicted octanol–water partition coefficient (Wildman–Crippen LogP) is 4.09. The molecule has 2 aliphatic carbocycles. The van der Waals surface area contributed by atoms with Gasteiger partial charge in [-0.25, -0.2) is 5.21 Å². The fourth-order valence-corrected chi connectivity index (χ4v) is 7.78. The molecule has 2 aliphatic heterocycles. The third-order valence-corrected chi connectivity index (χ3v) is 9.53. The summed E-state index contributed by atoms with van der Waals surface area (Å²) in [5.41, 5.74) is 4.45. The first-order chi connectivity index (χ1) is 15.7. The minimum absolute atomic E-state index is 0.0199. The Morgan fingerprint density at radius 2 is 2.12 bits per heavy atom. The molecule has 3 heterocycles. The summed E-state index contributed by atoms with van der Waals surface area (Å²) in [5, 5.41) is 11.4. The van der Waals surface area contributed by atoms with E-state index < -0.39 is 0 Å². The van der Waals surface area contributed by atoms with Gasteiger partial charge in [-0.2, -0.15) is 4.65 Å². The van der Waals surface area contributed by atoms with E-state index in [1.165, 1.54) is 11.1 Å². The summed E-state index contributed by atoms with van der Waals surface area (Å²) in [6.07, 6.45) is 10.1. The van der Waals surface area contributed by atoms with Crippen LogP contribution in [-0.4, -0.2) is 59.5 Å². The Bertz CT molecular complexity index is 1150. The van der Waals surface area contributed by atoms with Gasteiger partial charge in [-0.1, -0.05) is 19.1 Å². The van der Waals surface area contributed by atoms with Crippen LogP contribution < -0.4 is 4.74 Å². The number of hydrogen-bond acceptors (Lipinski definition) is 4. The molecule has 1 aromatic heterocycles. The van der Waals surface area contributed by atoms with E-state index >= 15 is 0 Å². The van der Waals surface area contributed by atoms with Crippen LogP contribution in [-0.2, 0) is 16.6 Å². The van der Waals surface area contributed by atoms with Crippen LogP contribution in [0.4, 0.5) is 0 Å². The number of hydroxylamine groups is 3. The first kappa shape index (κ1) is 21.0. The molecule has 2 aromatic rings. The van der Waals surface area contributed by atoms with Crippen molar-refractivity contribution in [3.8, 4) is 5.75 Å². The van der Waals surface area contributed by atoms with Crippen molar-refractivity contribution in [2.24, 2.45) is 5.41 Å². The molecule has 1 saturated carbocycles. The Hall–Kier alpha value is -2.57. The summed E-state index contributed by atoms with van der Waals surface area (Å²) < 4.78 is 12.0. The zero-order valence-corrected chi connectivity index (χ0v) is 19.9. The van der Waals surface area contributed by atoms with Gasteiger partial charge in [-0.05, 0) is 43.0 Å². The second-order valence-corrected chi connectivity index (χ2v) is 11.0. The number of likely N-dealkylation sites (N-methyl/N-ethyl adjacent to an activating group) is 2. The number of hydrogen-bond donors (Lipinski definition) is 1. The van der Waals surface area contributed by atoms with Gasteiger partial charge in [0.25, 0.3) is 0 Å². The maximum atomic E-state index is 13.2. The van der Waals surface area contributed by atoms with Crippen LogP contribution in [0.2, 0.25) is 0 Å². The highest BCUT2D eigenvalue weighted by molar-refractivity contribution is 5.91. The van der Waals surface area contributed by atoms with Crippen molar-refractivity contribution >= 4 is 12.0 Å². The van der Waals surface area contributed by atoms with E-state index in [1.807, 2.05) is 25.1 Å². The molecule has 1 N–H and O–H groups in total. The molecule has 6 atom stereocenters. The van der Waals surface area contributed by atoms with Crippen molar-refractivity contribution in [1.29, 1.82) is 0 Å². The van der Waals surface area contributed by atoms with E-state index in [0.29, 0.717) is 6.54 Å². The molecule has 0 radical (unpaired) electrons. The van der Waals surface area contributed by atoms with Crippen molar-refractivity contribution in [2.45, 2.75) is 63.1 Å². The van der Waals surface area contributed by atoms with E-state index in [0.717, 1.165) is 42.6 Å². The number of piperidine rings is 1. The minimum Gasteiger partial charge on any atom is -0.487 e. The van der Waals surface area contributed by atoms with Crippen molar-refractivity contribution < 1.29 is 23.8 Å². The molecule has 2 bridgehead atoms. The Morgan fingerprint density at radius 3 is 2.88 bits per heavy atom. The SMILES string of the molecule is Cc1ccc2c3c1O[C@H]1[C@H](N(C)C(=O)/C=C/c4ccoc4)CC[C@@]4(C)[C@@H](C2)[N+](C)(O)CC[C@]314. The lowest BCUT2D eigenvalue weighted by atomic mass is 9.43. The number of furan rings is 1. The van der Waals surface area contributed by atoms with Gasteiger partial charge in [0.15, 0.2) is 0 Å². The minimum atomic E-state index is -0.182. The lowest BCUT2D eigenvalue weighted by Crippen LogP contribution is -2.76. The molecule has 4 aliphatic rings. The van der Waals surface area contributed by atoms with Crippen molar-refractivity contribution in [3.63, 3.8) is 0 Å². The fourth-order valence-electron chi connectivity index (χ4n) is 7.78. The average Bonchev–Trinajstić information content (AvgIpc) is 3.42. The van der Waals surface area contributed by atoms with E-state index in [-0.39, 0.29) is 39.6 Å². The number of nitrogens with zero attached hydrogens (tertiary/aromatic N) is 2. The first-order valence-corrected chi connectivity index (χ1v) is 12.0. The van der Waals surface area contributed by atoms with Gasteiger partial charge in [-0.3, -0.25) is 4.79 Å². The average molecular weight is 450 g/mol. The van der Waals surface area contributed by atoms with E-state index in [4.69, 9.17) is 9.15 Å². The lowest BCUT2D eigenvalue weighted by Gasteiger charge is -2.65. The van der Waals surface area contributed by atoms with Gasteiger partial charge < -0.3 is 14.1 Å². The van der Waals surface area contributed by atoms with Gasteiger partial charge in [0.05, 0.1) is 31.0 Å². The largest absolute Gasteiger partial charge is 0.487 e. The molecule has 1 spiro atoms. The van der Waals surface area contributed by atoms with Crippen LogP contribution in [0.5, 0.6) is 5.75 Å². The molecule has 33 heavy (non-hydrogen) atoms. The van der Waals surface area contributed by atoms with Gasteiger partial charge in [0.1, 0.15) is 24.4 Å². The number of ether oxygens (including phenoxy) is 1. The standard InChI is InChI=1S/C27H33N2O4/c1-17-5-7-19-15-21-26(2)11-9-20(28(3)22(30)8-6-18-10-14-32-16-18)25-27(26,12-13-29(21,4)31)23(19)24(17)33-25/h5-8,10,14,16,20-21,25,31H,9,11-13,15H2,1-4H3/q+1/b8-6+/t20-,21-,25+,26+,27+,29?/m1/s1. The number of benzene rings is 1. The van der Waals surface area contributed by atoms with Crippen LogP contribution in [0.25, 0.3) is 6.08 Å².